The third kappa shape index (κ3) is 12.1. The van der Waals surface area contributed by atoms with Crippen LogP contribution in [0.4, 0.5) is 0 Å². The lowest BCUT2D eigenvalue weighted by atomic mass is 10.0. The number of nitrogens with one attached hydrogen (secondary N) is 1. The first-order chi connectivity index (χ1) is 8.70. The number of hydrogen-bond donors (Lipinski definition) is 2. The number of nitrogens with two attached hydrogens (primary N) is 1. The summed E-state index contributed by atoms with van der Waals surface area (Å²) in [5.41, 5.74) is 4.22. The van der Waals surface area contributed by atoms with Gasteiger partial charge in [-0.1, -0.05) is 76.4 Å². The van der Waals surface area contributed by atoms with Crippen LogP contribution in [-0.2, 0) is 0 Å². The highest BCUT2D eigenvalue weighted by atomic mass is 15.2. The van der Waals surface area contributed by atoms with Crippen molar-refractivity contribution in [1.29, 1.82) is 0 Å². The van der Waals surface area contributed by atoms with E-state index in [0.29, 0.717) is 6.04 Å². The highest BCUT2D eigenvalue weighted by Crippen LogP contribution is 2.12. The molecule has 0 aliphatic rings. The Hall–Kier alpha value is -0.340. The van der Waals surface area contributed by atoms with Crippen LogP contribution in [0.1, 0.15) is 85.0 Å². The molecule has 1 unspecified atom stereocenters. The Balaban J connectivity index is 3.31. The van der Waals surface area contributed by atoms with Crippen LogP contribution in [0.2, 0.25) is 0 Å². The van der Waals surface area contributed by atoms with Gasteiger partial charge in [0.25, 0.3) is 0 Å². The monoisotopic (exact) mass is 254 g/mol. The van der Waals surface area contributed by atoms with Gasteiger partial charge in [0.1, 0.15) is 0 Å². The van der Waals surface area contributed by atoms with Crippen LogP contribution in [0.3, 0.4) is 0 Å². The largest absolute Gasteiger partial charge is 0.271 e. The molecule has 108 valence electrons. The molecule has 0 radical (unpaired) electrons. The lowest BCUT2D eigenvalue weighted by Gasteiger charge is -2.11. The molecule has 3 N–H and O–H groups in total. The Kier molecular flexibility index (Phi) is 12.9. The fourth-order valence-corrected chi connectivity index (χ4v) is 2.29. The lowest BCUT2D eigenvalue weighted by Crippen LogP contribution is -2.33. The van der Waals surface area contributed by atoms with Gasteiger partial charge in [-0.25, -0.2) is 0 Å². The molecule has 1 atom stereocenters. The minimum absolute atomic E-state index is 0.361. The SMILES string of the molecule is CCCCCCCCCCCC(C=C(C)C)NN. The second-order valence-electron chi connectivity index (χ2n) is 5.63. The van der Waals surface area contributed by atoms with Gasteiger partial charge in [-0.2, -0.15) is 0 Å². The topological polar surface area (TPSA) is 38.0 Å². The highest BCUT2D eigenvalue weighted by Gasteiger charge is 2.01. The van der Waals surface area contributed by atoms with Crippen molar-refractivity contribution in [2.45, 2.75) is 91.0 Å². The quantitative estimate of drug-likeness (QED) is 0.229. The van der Waals surface area contributed by atoms with Crippen LogP contribution < -0.4 is 11.3 Å². The van der Waals surface area contributed by atoms with E-state index < -0.39 is 0 Å². The van der Waals surface area contributed by atoms with Gasteiger partial charge in [0.2, 0.25) is 0 Å². The summed E-state index contributed by atoms with van der Waals surface area (Å²) < 4.78 is 0. The van der Waals surface area contributed by atoms with Crippen molar-refractivity contribution in [3.63, 3.8) is 0 Å². The van der Waals surface area contributed by atoms with Crippen molar-refractivity contribution < 1.29 is 0 Å². The summed E-state index contributed by atoms with van der Waals surface area (Å²) in [4.78, 5) is 0. The molecule has 0 saturated carbocycles. The molecule has 0 saturated heterocycles. The summed E-state index contributed by atoms with van der Waals surface area (Å²) in [6, 6.07) is 0.361. The van der Waals surface area contributed by atoms with Crippen molar-refractivity contribution >= 4 is 0 Å². The standard InChI is InChI=1S/C16H34N2/c1-4-5-6-7-8-9-10-11-12-13-16(18-17)14-15(2)3/h14,16,18H,4-13,17H2,1-3H3. The average Bonchev–Trinajstić information content (AvgIpc) is 2.35. The third-order valence-corrected chi connectivity index (χ3v) is 3.37. The smallest absolute Gasteiger partial charge is 0.0392 e. The van der Waals surface area contributed by atoms with Gasteiger partial charge in [0, 0.05) is 6.04 Å². The van der Waals surface area contributed by atoms with Crippen LogP contribution in [-0.4, -0.2) is 6.04 Å². The van der Waals surface area contributed by atoms with E-state index in [0.717, 1.165) is 6.42 Å². The predicted molar refractivity (Wildman–Crippen MR) is 82.4 cm³/mol. The van der Waals surface area contributed by atoms with E-state index in [4.69, 9.17) is 5.84 Å². The molecule has 18 heavy (non-hydrogen) atoms. The van der Waals surface area contributed by atoms with Gasteiger partial charge >= 0.3 is 0 Å². The van der Waals surface area contributed by atoms with Crippen LogP contribution in [0.15, 0.2) is 11.6 Å². The van der Waals surface area contributed by atoms with Crippen LogP contribution in [0, 0.1) is 0 Å². The minimum atomic E-state index is 0.361. The van der Waals surface area contributed by atoms with Crippen LogP contribution in [0.25, 0.3) is 0 Å². The summed E-state index contributed by atoms with van der Waals surface area (Å²) in [6.07, 6.45) is 15.9. The molecule has 0 aromatic rings. The number of unbranched alkanes of at least 4 members (excludes halogenated alkanes) is 8. The van der Waals surface area contributed by atoms with E-state index >= 15 is 0 Å². The number of allylic oxidation sites excluding steroid dienone is 1. The maximum absolute atomic E-state index is 5.54. The normalized spacial score (nSPS) is 12.4. The Morgan fingerprint density at radius 3 is 1.89 bits per heavy atom. The van der Waals surface area contributed by atoms with E-state index in [1.54, 1.807) is 0 Å². The molecule has 0 bridgehead atoms. The van der Waals surface area contributed by atoms with E-state index in [9.17, 15) is 0 Å². The summed E-state index contributed by atoms with van der Waals surface area (Å²) in [7, 11) is 0. The zero-order valence-corrected chi connectivity index (χ0v) is 12.8. The molecule has 0 aromatic heterocycles. The lowest BCUT2D eigenvalue weighted by molar-refractivity contribution is 0.511. The molecule has 0 aliphatic heterocycles. The van der Waals surface area contributed by atoms with Gasteiger partial charge < -0.3 is 0 Å². The molecule has 0 fully saturated rings. The van der Waals surface area contributed by atoms with Gasteiger partial charge in [0.05, 0.1) is 0 Å². The molecule has 0 rings (SSSR count). The van der Waals surface area contributed by atoms with Gasteiger partial charge in [0.15, 0.2) is 0 Å². The zero-order chi connectivity index (χ0) is 13.6. The van der Waals surface area contributed by atoms with Crippen molar-refractivity contribution in [3.8, 4) is 0 Å². The van der Waals surface area contributed by atoms with Crippen LogP contribution >= 0.6 is 0 Å². The second kappa shape index (κ2) is 13.1. The Morgan fingerprint density at radius 2 is 1.44 bits per heavy atom. The molecule has 0 aliphatic carbocycles. The highest BCUT2D eigenvalue weighted by molar-refractivity contribution is 5.00. The summed E-state index contributed by atoms with van der Waals surface area (Å²) in [6.45, 7) is 6.52. The molecule has 0 heterocycles. The van der Waals surface area contributed by atoms with Gasteiger partial charge in [-0.15, -0.1) is 0 Å². The van der Waals surface area contributed by atoms with E-state index in [1.807, 2.05) is 0 Å². The molecule has 0 amide bonds. The van der Waals surface area contributed by atoms with Crippen LogP contribution in [0.5, 0.6) is 0 Å². The van der Waals surface area contributed by atoms with E-state index in [2.05, 4.69) is 32.3 Å². The fourth-order valence-electron chi connectivity index (χ4n) is 2.29. The van der Waals surface area contributed by atoms with E-state index in [-0.39, 0.29) is 0 Å². The molecular formula is C16H34N2. The van der Waals surface area contributed by atoms with Crippen molar-refractivity contribution in [2.24, 2.45) is 5.84 Å². The molecule has 2 heteroatoms. The first-order valence-electron chi connectivity index (χ1n) is 7.81. The maximum atomic E-state index is 5.54. The first-order valence-corrected chi connectivity index (χ1v) is 7.81. The molecule has 2 nitrogen and oxygen atoms in total. The van der Waals surface area contributed by atoms with E-state index in [1.165, 1.54) is 63.4 Å². The number of hydrogen-bond acceptors (Lipinski definition) is 2. The maximum Gasteiger partial charge on any atom is 0.0392 e. The summed E-state index contributed by atoms with van der Waals surface area (Å²) >= 11 is 0. The summed E-state index contributed by atoms with van der Waals surface area (Å²) in [5.74, 6) is 5.54. The fraction of sp³-hybridized carbons (Fsp3) is 0.875. The average molecular weight is 254 g/mol. The van der Waals surface area contributed by atoms with Gasteiger partial charge in [-0.05, 0) is 20.3 Å². The first kappa shape index (κ1) is 17.7. The third-order valence-electron chi connectivity index (χ3n) is 3.37. The Morgan fingerprint density at radius 1 is 0.944 bits per heavy atom. The second-order valence-corrected chi connectivity index (χ2v) is 5.63. The van der Waals surface area contributed by atoms with Crippen molar-refractivity contribution in [2.75, 3.05) is 0 Å². The number of hydrazine groups is 1. The molecule has 0 aromatic carbocycles. The van der Waals surface area contributed by atoms with Crippen molar-refractivity contribution in [1.82, 2.24) is 5.43 Å². The Labute approximate surface area is 114 Å². The predicted octanol–water partition coefficient (Wildman–Crippen LogP) is 4.71. The molecule has 0 spiro atoms. The number of rotatable bonds is 12. The van der Waals surface area contributed by atoms with Crippen molar-refractivity contribution in [3.05, 3.63) is 11.6 Å². The molecular weight excluding hydrogens is 220 g/mol. The zero-order valence-electron chi connectivity index (χ0n) is 12.8. The minimum Gasteiger partial charge on any atom is -0.271 e. The van der Waals surface area contributed by atoms with Gasteiger partial charge in [-0.3, -0.25) is 11.3 Å². The Bertz CT molecular complexity index is 195. The summed E-state index contributed by atoms with van der Waals surface area (Å²) in [5, 5.41) is 0.